The zero-order valence-corrected chi connectivity index (χ0v) is 51.2. The third kappa shape index (κ3) is 62.9. The van der Waals surface area contributed by atoms with Gasteiger partial charge in [-0.15, -0.1) is 0 Å². The van der Waals surface area contributed by atoms with Crippen molar-refractivity contribution in [2.45, 2.75) is 316 Å². The molecule has 0 rings (SSSR count). The first kappa shape index (κ1) is 74.1. The lowest BCUT2D eigenvalue weighted by molar-refractivity contribution is -0.167. The van der Waals surface area contributed by atoms with Crippen molar-refractivity contribution in [3.63, 3.8) is 0 Å². The molecule has 6 heteroatoms. The van der Waals surface area contributed by atoms with Crippen LogP contribution in [0, 0.1) is 0 Å². The molecule has 0 radical (unpaired) electrons. The highest BCUT2D eigenvalue weighted by Crippen LogP contribution is 2.16. The number of allylic oxidation sites excluding steroid dienone is 18. The molecule has 1 atom stereocenters. The van der Waals surface area contributed by atoms with Crippen LogP contribution in [0.15, 0.2) is 109 Å². The summed E-state index contributed by atoms with van der Waals surface area (Å²) in [6, 6.07) is 0. The zero-order valence-electron chi connectivity index (χ0n) is 51.2. The topological polar surface area (TPSA) is 78.9 Å². The summed E-state index contributed by atoms with van der Waals surface area (Å²) in [4.78, 5) is 38.3. The minimum atomic E-state index is -0.786. The number of ether oxygens (including phenoxy) is 3. The number of hydrogen-bond acceptors (Lipinski definition) is 6. The van der Waals surface area contributed by atoms with E-state index in [0.29, 0.717) is 19.3 Å². The lowest BCUT2D eigenvalue weighted by Gasteiger charge is -2.18. The van der Waals surface area contributed by atoms with E-state index in [2.05, 4.69) is 130 Å². The molecule has 6 nitrogen and oxygen atoms in total. The third-order valence-electron chi connectivity index (χ3n) is 14.0. The molecule has 0 aromatic carbocycles. The zero-order chi connectivity index (χ0) is 56.4. The van der Waals surface area contributed by atoms with Gasteiger partial charge in [0.1, 0.15) is 13.2 Å². The van der Waals surface area contributed by atoms with Crippen molar-refractivity contribution in [2.24, 2.45) is 0 Å². The molecule has 0 N–H and O–H groups in total. The van der Waals surface area contributed by atoms with E-state index in [0.717, 1.165) is 122 Å². The first-order valence-corrected chi connectivity index (χ1v) is 32.9. The number of hydrogen-bond donors (Lipinski definition) is 0. The van der Waals surface area contributed by atoms with Gasteiger partial charge >= 0.3 is 17.9 Å². The molecule has 0 amide bonds. The Morgan fingerprint density at radius 3 is 0.782 bits per heavy atom. The number of esters is 3. The highest BCUT2D eigenvalue weighted by molar-refractivity contribution is 5.71. The average Bonchev–Trinajstić information content (AvgIpc) is 3.44. The molecular weight excluding hydrogens is 961 g/mol. The molecule has 0 saturated heterocycles. The summed E-state index contributed by atoms with van der Waals surface area (Å²) < 4.78 is 16.9. The average molecular weight is 1080 g/mol. The molecule has 0 aromatic rings. The van der Waals surface area contributed by atoms with Crippen LogP contribution in [0.2, 0.25) is 0 Å². The largest absolute Gasteiger partial charge is 0.462 e. The molecule has 446 valence electrons. The van der Waals surface area contributed by atoms with Crippen molar-refractivity contribution >= 4 is 17.9 Å². The first-order chi connectivity index (χ1) is 38.5. The van der Waals surface area contributed by atoms with Crippen LogP contribution in [0.5, 0.6) is 0 Å². The molecule has 0 aliphatic carbocycles. The molecule has 0 spiro atoms. The number of unbranched alkanes of at least 4 members (excludes halogenated alkanes) is 30. The van der Waals surface area contributed by atoms with Gasteiger partial charge in [0, 0.05) is 19.3 Å². The van der Waals surface area contributed by atoms with Gasteiger partial charge in [-0.3, -0.25) is 14.4 Å². The summed E-state index contributed by atoms with van der Waals surface area (Å²) in [6.45, 7) is 6.43. The number of carbonyl (C=O) groups excluding carboxylic acids is 3. The van der Waals surface area contributed by atoms with Gasteiger partial charge in [0.05, 0.1) is 0 Å². The highest BCUT2D eigenvalue weighted by atomic mass is 16.6. The van der Waals surface area contributed by atoms with Crippen LogP contribution in [0.3, 0.4) is 0 Å². The van der Waals surface area contributed by atoms with Crippen LogP contribution >= 0.6 is 0 Å². The van der Waals surface area contributed by atoms with Crippen LogP contribution in [0.4, 0.5) is 0 Å². The van der Waals surface area contributed by atoms with Crippen LogP contribution in [0.1, 0.15) is 310 Å². The monoisotopic (exact) mass is 1080 g/mol. The maximum Gasteiger partial charge on any atom is 0.306 e. The van der Waals surface area contributed by atoms with Gasteiger partial charge in [-0.1, -0.05) is 297 Å². The van der Waals surface area contributed by atoms with Crippen LogP contribution < -0.4 is 0 Å². The third-order valence-corrected chi connectivity index (χ3v) is 14.0. The Kier molecular flexibility index (Phi) is 62.3. The Hall–Kier alpha value is -3.93. The van der Waals surface area contributed by atoms with Crippen molar-refractivity contribution in [3.05, 3.63) is 109 Å². The molecule has 0 heterocycles. The molecule has 0 aromatic heterocycles. The van der Waals surface area contributed by atoms with Gasteiger partial charge in [0.25, 0.3) is 0 Å². The lowest BCUT2D eigenvalue weighted by atomic mass is 10.0. The SMILES string of the molecule is CC/C=C\C/C=C\C/C=C\C/C=C\C/C=C\CCCCCCCCCC(=O)OC(COC(=O)CCCCCCCCCCCCCC)COC(=O)CCCCCCCCCCCCCC/C=C\C/C=C\C/C=C\C/C=C\CC. The Morgan fingerprint density at radius 1 is 0.269 bits per heavy atom. The van der Waals surface area contributed by atoms with Gasteiger partial charge < -0.3 is 14.2 Å². The fourth-order valence-corrected chi connectivity index (χ4v) is 9.17. The van der Waals surface area contributed by atoms with E-state index in [1.165, 1.54) is 148 Å². The van der Waals surface area contributed by atoms with Crippen molar-refractivity contribution < 1.29 is 28.6 Å². The molecule has 0 aliphatic heterocycles. The van der Waals surface area contributed by atoms with Crippen molar-refractivity contribution in [1.82, 2.24) is 0 Å². The maximum absolute atomic E-state index is 12.9. The second-order valence-electron chi connectivity index (χ2n) is 21.6. The van der Waals surface area contributed by atoms with Crippen molar-refractivity contribution in [2.75, 3.05) is 13.2 Å². The van der Waals surface area contributed by atoms with Gasteiger partial charge in [-0.05, 0) is 103 Å². The fraction of sp³-hybridized carbons (Fsp3) is 0.708. The quantitative estimate of drug-likeness (QED) is 0.0261. The molecule has 1 unspecified atom stereocenters. The molecule has 0 saturated carbocycles. The van der Waals surface area contributed by atoms with E-state index >= 15 is 0 Å². The summed E-state index contributed by atoms with van der Waals surface area (Å²) in [7, 11) is 0. The summed E-state index contributed by atoms with van der Waals surface area (Å²) in [5.41, 5.74) is 0. The summed E-state index contributed by atoms with van der Waals surface area (Å²) in [5.74, 6) is -0.884. The lowest BCUT2D eigenvalue weighted by Crippen LogP contribution is -2.30. The molecule has 0 fully saturated rings. The minimum Gasteiger partial charge on any atom is -0.462 e. The van der Waals surface area contributed by atoms with E-state index < -0.39 is 6.10 Å². The smallest absolute Gasteiger partial charge is 0.306 e. The summed E-state index contributed by atoms with van der Waals surface area (Å²) >= 11 is 0. The maximum atomic E-state index is 12.9. The van der Waals surface area contributed by atoms with Gasteiger partial charge in [-0.25, -0.2) is 0 Å². The van der Waals surface area contributed by atoms with E-state index in [4.69, 9.17) is 14.2 Å². The summed E-state index contributed by atoms with van der Waals surface area (Å²) in [5, 5.41) is 0. The minimum absolute atomic E-state index is 0.0809. The standard InChI is InChI=1S/C72H122O6/c1-4-7-10-13-16-19-22-25-27-29-31-33-35-36-38-39-41-43-45-47-50-53-56-59-62-65-71(74)77-68-69(67-76-70(73)64-61-58-55-52-49-24-21-18-15-12-9-6-3)78-72(75)66-63-60-57-54-51-48-46-44-42-40-37-34-32-30-28-26-23-20-17-14-11-8-5-2/h7-8,10-11,16-17,19-20,25-28,31-34,40,42,69H,4-6,9,12-15,18,21-24,29-30,35-39,41,43-68H2,1-3H3/b10-7-,11-8-,19-16-,20-17-,27-25-,28-26-,33-31-,34-32-,42-40-. The Bertz CT molecular complexity index is 1570. The van der Waals surface area contributed by atoms with E-state index in [-0.39, 0.29) is 31.1 Å². The Labute approximate surface area is 482 Å². The van der Waals surface area contributed by atoms with Crippen LogP contribution in [-0.4, -0.2) is 37.2 Å². The Morgan fingerprint density at radius 2 is 0.500 bits per heavy atom. The summed E-state index contributed by atoms with van der Waals surface area (Å²) in [6.07, 6.45) is 89.5. The van der Waals surface area contributed by atoms with Crippen LogP contribution in [-0.2, 0) is 28.6 Å². The highest BCUT2D eigenvalue weighted by Gasteiger charge is 2.19. The van der Waals surface area contributed by atoms with Gasteiger partial charge in [0.15, 0.2) is 6.10 Å². The van der Waals surface area contributed by atoms with Gasteiger partial charge in [0.2, 0.25) is 0 Å². The van der Waals surface area contributed by atoms with E-state index in [1.807, 2.05) is 0 Å². The molecule has 0 aliphatic rings. The fourth-order valence-electron chi connectivity index (χ4n) is 9.17. The molecule has 78 heavy (non-hydrogen) atoms. The predicted molar refractivity (Wildman–Crippen MR) is 339 cm³/mol. The van der Waals surface area contributed by atoms with Gasteiger partial charge in [-0.2, -0.15) is 0 Å². The van der Waals surface area contributed by atoms with Crippen molar-refractivity contribution in [3.8, 4) is 0 Å². The Balaban J connectivity index is 4.32. The predicted octanol–water partition coefficient (Wildman–Crippen LogP) is 22.6. The second kappa shape index (κ2) is 65.6. The molecular formula is C72H122O6. The van der Waals surface area contributed by atoms with Crippen molar-refractivity contribution in [1.29, 1.82) is 0 Å². The first-order valence-electron chi connectivity index (χ1n) is 32.9. The van der Waals surface area contributed by atoms with E-state index in [9.17, 15) is 14.4 Å². The normalized spacial score (nSPS) is 12.8. The number of rotatable bonds is 59. The molecule has 0 bridgehead atoms. The number of carbonyl (C=O) groups is 3. The second-order valence-corrected chi connectivity index (χ2v) is 21.6. The van der Waals surface area contributed by atoms with E-state index in [1.54, 1.807) is 0 Å². The van der Waals surface area contributed by atoms with Crippen LogP contribution in [0.25, 0.3) is 0 Å².